The number of sulfonamides is 1. The van der Waals surface area contributed by atoms with Gasteiger partial charge in [-0.05, 0) is 81.5 Å². The normalized spacial score (nSPS) is 19.3. The van der Waals surface area contributed by atoms with E-state index in [2.05, 4.69) is 22.2 Å². The van der Waals surface area contributed by atoms with Crippen molar-refractivity contribution in [1.82, 2.24) is 14.9 Å². The molecule has 42 heavy (non-hydrogen) atoms. The summed E-state index contributed by atoms with van der Waals surface area (Å²) in [6.45, 7) is 7.34. The third kappa shape index (κ3) is 7.12. The number of amides is 1. The molecule has 3 N–H and O–H groups in total. The van der Waals surface area contributed by atoms with Crippen LogP contribution in [0.5, 0.6) is 0 Å². The number of carbonyl (C=O) groups is 1. The summed E-state index contributed by atoms with van der Waals surface area (Å²) in [4.78, 5) is 17.3. The van der Waals surface area contributed by atoms with Crippen LogP contribution in [0.1, 0.15) is 57.1 Å². The number of hydrogen-bond acceptors (Lipinski definition) is 6. The number of benzene rings is 2. The number of allylic oxidation sites excluding steroid dienone is 1. The quantitative estimate of drug-likeness (QED) is 0.325. The molecule has 228 valence electrons. The molecule has 1 heterocycles. The summed E-state index contributed by atoms with van der Waals surface area (Å²) in [6, 6.07) is 7.62. The summed E-state index contributed by atoms with van der Waals surface area (Å²) in [7, 11) is -4.27. The number of halogens is 4. The lowest BCUT2D eigenvalue weighted by Crippen LogP contribution is -2.56. The van der Waals surface area contributed by atoms with E-state index in [1.54, 1.807) is 13.8 Å². The van der Waals surface area contributed by atoms with E-state index < -0.39 is 44.8 Å². The van der Waals surface area contributed by atoms with Crippen molar-refractivity contribution in [2.75, 3.05) is 6.54 Å². The standard InChI is InChI=1S/C29H34F4N4O4S/c1-19(5-14-24-35-25(27(2,3)36-24)26(38)34-18-28(39)15-4-16-28)37(42(40,41)23-12-10-22(30)11-13-23)17-20-6-8-21(9-7-20)29(31,32)33/h6-13,25,39H,1,4-5,14-18H2,2-3H3,(H,34,38)(H,35,36). The van der Waals surface area contributed by atoms with Gasteiger partial charge in [0.2, 0.25) is 5.91 Å². The van der Waals surface area contributed by atoms with Crippen LogP contribution in [-0.4, -0.2) is 53.3 Å². The number of nitrogens with one attached hydrogen (secondary N) is 2. The van der Waals surface area contributed by atoms with Crippen LogP contribution >= 0.6 is 0 Å². The second-order valence-corrected chi connectivity index (χ2v) is 13.2. The molecule has 1 amide bonds. The van der Waals surface area contributed by atoms with Gasteiger partial charge in [-0.1, -0.05) is 18.7 Å². The zero-order valence-corrected chi connectivity index (χ0v) is 24.2. The summed E-state index contributed by atoms with van der Waals surface area (Å²) >= 11 is 0. The van der Waals surface area contributed by atoms with Gasteiger partial charge in [-0.3, -0.25) is 14.1 Å². The molecule has 2 aliphatic rings. The molecule has 2 aromatic carbocycles. The summed E-state index contributed by atoms with van der Waals surface area (Å²) < 4.78 is 80.8. The van der Waals surface area contributed by atoms with Gasteiger partial charge in [-0.25, -0.2) is 12.8 Å². The Labute approximate surface area is 242 Å². The third-order valence-corrected chi connectivity index (χ3v) is 9.43. The Bertz CT molecular complexity index is 1450. The highest BCUT2D eigenvalue weighted by Gasteiger charge is 2.42. The van der Waals surface area contributed by atoms with Gasteiger partial charge in [0, 0.05) is 18.7 Å². The lowest BCUT2D eigenvalue weighted by Gasteiger charge is -2.37. The van der Waals surface area contributed by atoms with Gasteiger partial charge in [-0.2, -0.15) is 13.2 Å². The lowest BCUT2D eigenvalue weighted by atomic mass is 9.80. The van der Waals surface area contributed by atoms with Crippen LogP contribution in [0.2, 0.25) is 0 Å². The number of aliphatic hydroxyl groups is 1. The molecular formula is C29H34F4N4O4S. The SMILES string of the molecule is C=C(CCC1=NC(C)(C)C(C(=O)NCC2(O)CCC2)N1)N(Cc1ccc(C(F)(F)F)cc1)S(=O)(=O)c1ccc(F)cc1. The Hall–Kier alpha value is -3.45. The van der Waals surface area contributed by atoms with Crippen molar-refractivity contribution in [2.45, 2.75) is 80.7 Å². The van der Waals surface area contributed by atoms with E-state index in [0.717, 1.165) is 47.1 Å². The van der Waals surface area contributed by atoms with Crippen LogP contribution in [0.4, 0.5) is 17.6 Å². The lowest BCUT2D eigenvalue weighted by molar-refractivity contribution is -0.137. The molecule has 13 heteroatoms. The van der Waals surface area contributed by atoms with Crippen molar-refractivity contribution >= 4 is 21.8 Å². The predicted molar refractivity (Wildman–Crippen MR) is 149 cm³/mol. The molecule has 0 radical (unpaired) electrons. The van der Waals surface area contributed by atoms with Gasteiger partial charge < -0.3 is 15.7 Å². The largest absolute Gasteiger partial charge is 0.416 e. The molecule has 1 fully saturated rings. The molecule has 1 atom stereocenters. The van der Waals surface area contributed by atoms with Crippen molar-refractivity contribution in [3.63, 3.8) is 0 Å². The highest BCUT2D eigenvalue weighted by Crippen LogP contribution is 2.32. The predicted octanol–water partition coefficient (Wildman–Crippen LogP) is 4.51. The van der Waals surface area contributed by atoms with Gasteiger partial charge in [0.05, 0.1) is 34.0 Å². The van der Waals surface area contributed by atoms with Crippen molar-refractivity contribution in [3.05, 3.63) is 77.8 Å². The van der Waals surface area contributed by atoms with Gasteiger partial charge in [0.1, 0.15) is 11.9 Å². The molecule has 0 aromatic heterocycles. The zero-order valence-electron chi connectivity index (χ0n) is 23.3. The van der Waals surface area contributed by atoms with Gasteiger partial charge in [0.15, 0.2) is 0 Å². The van der Waals surface area contributed by atoms with E-state index in [9.17, 15) is 35.9 Å². The number of carbonyl (C=O) groups excluding carboxylic acids is 1. The molecule has 1 aliphatic carbocycles. The number of hydrogen-bond donors (Lipinski definition) is 3. The molecule has 0 saturated heterocycles. The molecule has 1 saturated carbocycles. The van der Waals surface area contributed by atoms with Gasteiger partial charge in [0.25, 0.3) is 10.0 Å². The minimum Gasteiger partial charge on any atom is -0.388 e. The Morgan fingerprint density at radius 1 is 1.14 bits per heavy atom. The second-order valence-electron chi connectivity index (χ2n) is 11.3. The fourth-order valence-electron chi connectivity index (χ4n) is 4.87. The van der Waals surface area contributed by atoms with Crippen LogP contribution in [0.25, 0.3) is 0 Å². The van der Waals surface area contributed by atoms with Crippen LogP contribution < -0.4 is 10.6 Å². The van der Waals surface area contributed by atoms with E-state index in [4.69, 9.17) is 0 Å². The number of alkyl halides is 3. The number of aliphatic imine (C=N–C) groups is 1. The number of nitrogens with zero attached hydrogens (tertiary/aromatic N) is 2. The maximum atomic E-state index is 13.6. The molecular weight excluding hydrogens is 576 g/mol. The summed E-state index contributed by atoms with van der Waals surface area (Å²) in [5.74, 6) is -0.492. The fraction of sp³-hybridized carbons (Fsp3) is 0.448. The maximum absolute atomic E-state index is 13.6. The summed E-state index contributed by atoms with van der Waals surface area (Å²) in [5, 5.41) is 16.2. The van der Waals surface area contributed by atoms with Gasteiger partial charge in [-0.15, -0.1) is 0 Å². The Balaban J connectivity index is 1.48. The first-order chi connectivity index (χ1) is 19.5. The Morgan fingerprint density at radius 3 is 2.31 bits per heavy atom. The van der Waals surface area contributed by atoms with Crippen LogP contribution in [0, 0.1) is 5.82 Å². The highest BCUT2D eigenvalue weighted by molar-refractivity contribution is 7.89. The topological polar surface area (TPSA) is 111 Å². The highest BCUT2D eigenvalue weighted by atomic mass is 32.2. The fourth-order valence-corrected chi connectivity index (χ4v) is 6.36. The van der Waals surface area contributed by atoms with Crippen LogP contribution in [-0.2, 0) is 27.5 Å². The number of rotatable bonds is 11. The molecule has 1 unspecified atom stereocenters. The first-order valence-electron chi connectivity index (χ1n) is 13.5. The molecule has 1 aliphatic heterocycles. The van der Waals surface area contributed by atoms with Gasteiger partial charge >= 0.3 is 6.18 Å². The Morgan fingerprint density at radius 2 is 1.76 bits per heavy atom. The average Bonchev–Trinajstić information content (AvgIpc) is 3.21. The molecule has 4 rings (SSSR count). The minimum atomic E-state index is -4.55. The molecule has 2 aromatic rings. The smallest absolute Gasteiger partial charge is 0.388 e. The first-order valence-corrected chi connectivity index (χ1v) is 14.9. The van der Waals surface area contributed by atoms with E-state index in [0.29, 0.717) is 18.7 Å². The summed E-state index contributed by atoms with van der Waals surface area (Å²) in [5.41, 5.74) is -2.15. The summed E-state index contributed by atoms with van der Waals surface area (Å²) in [6.07, 6.45) is -2.11. The van der Waals surface area contributed by atoms with Crippen molar-refractivity contribution in [2.24, 2.45) is 4.99 Å². The Kier molecular flexibility index (Phi) is 8.75. The average molecular weight is 611 g/mol. The minimum absolute atomic E-state index is 0.0804. The molecule has 8 nitrogen and oxygen atoms in total. The second kappa shape index (κ2) is 11.7. The van der Waals surface area contributed by atoms with Crippen LogP contribution in [0.15, 0.2) is 70.7 Å². The van der Waals surface area contributed by atoms with Crippen molar-refractivity contribution < 1.29 is 35.9 Å². The van der Waals surface area contributed by atoms with E-state index in [1.807, 2.05) is 0 Å². The third-order valence-electron chi connectivity index (χ3n) is 7.59. The zero-order chi connectivity index (χ0) is 30.9. The van der Waals surface area contributed by atoms with Crippen LogP contribution in [0.3, 0.4) is 0 Å². The van der Waals surface area contributed by atoms with E-state index >= 15 is 0 Å². The van der Waals surface area contributed by atoms with Crippen molar-refractivity contribution in [1.29, 1.82) is 0 Å². The number of amidine groups is 1. The maximum Gasteiger partial charge on any atom is 0.416 e. The van der Waals surface area contributed by atoms with E-state index in [-0.39, 0.29) is 48.0 Å². The molecule has 0 spiro atoms. The monoisotopic (exact) mass is 610 g/mol. The van der Waals surface area contributed by atoms with E-state index in [1.165, 1.54) is 12.1 Å². The van der Waals surface area contributed by atoms with Crippen molar-refractivity contribution in [3.8, 4) is 0 Å². The first kappa shape index (κ1) is 31.5. The molecule has 0 bridgehead atoms.